The highest BCUT2D eigenvalue weighted by atomic mass is 16.6. The Morgan fingerprint density at radius 2 is 1.95 bits per heavy atom. The summed E-state index contributed by atoms with van der Waals surface area (Å²) in [6.45, 7) is 6.44. The first-order chi connectivity index (χ1) is 9.33. The number of piperidine rings is 1. The highest BCUT2D eigenvalue weighted by molar-refractivity contribution is 5.70. The summed E-state index contributed by atoms with van der Waals surface area (Å²) >= 11 is 0. The molecule has 1 fully saturated rings. The Morgan fingerprint density at radius 3 is 2.55 bits per heavy atom. The predicted molar refractivity (Wildman–Crippen MR) is 73.4 cm³/mol. The van der Waals surface area contributed by atoms with Gasteiger partial charge >= 0.3 is 12.1 Å². The molecule has 1 aliphatic rings. The molecule has 0 aromatic carbocycles. The lowest BCUT2D eigenvalue weighted by Gasteiger charge is -2.36. The van der Waals surface area contributed by atoms with Crippen molar-refractivity contribution in [3.63, 3.8) is 0 Å². The molecule has 0 saturated carbocycles. The van der Waals surface area contributed by atoms with Crippen molar-refractivity contribution in [2.45, 2.75) is 51.7 Å². The second-order valence-corrected chi connectivity index (χ2v) is 5.91. The average molecular weight is 287 g/mol. The van der Waals surface area contributed by atoms with Gasteiger partial charge in [-0.05, 0) is 40.0 Å². The maximum Gasteiger partial charge on any atom is 0.410 e. The molecule has 0 bridgehead atoms. The topological polar surface area (TPSA) is 65.1 Å². The number of hydrogen-bond acceptors (Lipinski definition) is 5. The van der Waals surface area contributed by atoms with E-state index >= 15 is 0 Å². The minimum Gasteiger partial charge on any atom is -0.467 e. The van der Waals surface area contributed by atoms with Crippen LogP contribution in [0.2, 0.25) is 0 Å². The molecule has 20 heavy (non-hydrogen) atoms. The van der Waals surface area contributed by atoms with Gasteiger partial charge < -0.3 is 19.1 Å². The molecular weight excluding hydrogens is 262 g/mol. The molecule has 1 saturated heterocycles. The second-order valence-electron chi connectivity index (χ2n) is 5.91. The van der Waals surface area contributed by atoms with Gasteiger partial charge in [-0.1, -0.05) is 0 Å². The first-order valence-corrected chi connectivity index (χ1v) is 6.97. The normalized spacial score (nSPS) is 19.6. The number of esters is 1. The fourth-order valence-corrected chi connectivity index (χ4v) is 2.07. The quantitative estimate of drug-likeness (QED) is 0.740. The number of nitrogens with zero attached hydrogens (tertiary/aromatic N) is 1. The summed E-state index contributed by atoms with van der Waals surface area (Å²) in [6.07, 6.45) is 2.56. The van der Waals surface area contributed by atoms with Crippen molar-refractivity contribution in [2.24, 2.45) is 0 Å². The van der Waals surface area contributed by atoms with E-state index in [2.05, 4.69) is 4.74 Å². The third-order valence-corrected chi connectivity index (χ3v) is 3.01. The number of ether oxygens (including phenoxy) is 3. The summed E-state index contributed by atoms with van der Waals surface area (Å²) in [6, 6.07) is -0.0387. The Kier molecular flexibility index (Phi) is 6.26. The summed E-state index contributed by atoms with van der Waals surface area (Å²) < 4.78 is 15.2. The number of rotatable bonds is 4. The van der Waals surface area contributed by atoms with Crippen LogP contribution in [0.1, 0.15) is 40.0 Å². The maximum atomic E-state index is 12.1. The minimum atomic E-state index is -0.508. The molecule has 6 heteroatoms. The third-order valence-electron chi connectivity index (χ3n) is 3.01. The van der Waals surface area contributed by atoms with E-state index in [1.165, 1.54) is 7.11 Å². The van der Waals surface area contributed by atoms with Crippen molar-refractivity contribution >= 4 is 12.1 Å². The molecule has 0 radical (unpaired) electrons. The summed E-state index contributed by atoms with van der Waals surface area (Å²) in [7, 11) is 1.32. The fourth-order valence-electron chi connectivity index (χ4n) is 2.07. The molecule has 0 N–H and O–H groups in total. The van der Waals surface area contributed by atoms with Gasteiger partial charge in [-0.2, -0.15) is 0 Å². The van der Waals surface area contributed by atoms with Gasteiger partial charge in [0.05, 0.1) is 19.8 Å². The number of hydrogen-bond donors (Lipinski definition) is 0. The van der Waals surface area contributed by atoms with Gasteiger partial charge in [-0.15, -0.1) is 0 Å². The summed E-state index contributed by atoms with van der Waals surface area (Å²) in [5.74, 6) is -0.412. The molecule has 0 aliphatic carbocycles. The van der Waals surface area contributed by atoms with Gasteiger partial charge in [0.1, 0.15) is 12.2 Å². The molecule has 1 amide bonds. The zero-order chi connectivity index (χ0) is 15.2. The summed E-state index contributed by atoms with van der Waals surface area (Å²) in [5.41, 5.74) is -0.508. The van der Waals surface area contributed by atoms with Gasteiger partial charge in [-0.3, -0.25) is 0 Å². The van der Waals surface area contributed by atoms with Crippen molar-refractivity contribution in [2.75, 3.05) is 26.9 Å². The van der Waals surface area contributed by atoms with Gasteiger partial charge in [0.2, 0.25) is 0 Å². The summed E-state index contributed by atoms with van der Waals surface area (Å²) in [4.78, 5) is 24.8. The Bertz CT molecular complexity index is 337. The molecule has 6 nitrogen and oxygen atoms in total. The van der Waals surface area contributed by atoms with E-state index in [1.807, 2.05) is 20.8 Å². The van der Waals surface area contributed by atoms with E-state index in [1.54, 1.807) is 4.90 Å². The lowest BCUT2D eigenvalue weighted by atomic mass is 10.0. The number of methoxy groups -OCH3 is 1. The monoisotopic (exact) mass is 287 g/mol. The fraction of sp³-hybridized carbons (Fsp3) is 0.857. The van der Waals surface area contributed by atoms with Crippen LogP contribution in [0.5, 0.6) is 0 Å². The average Bonchev–Trinajstić information content (AvgIpc) is 2.37. The van der Waals surface area contributed by atoms with Crippen LogP contribution in [-0.2, 0) is 19.0 Å². The molecule has 0 aromatic heterocycles. The van der Waals surface area contributed by atoms with E-state index in [0.717, 1.165) is 19.3 Å². The Labute approximate surface area is 120 Å². The number of carbonyl (C=O) groups excluding carboxylic acids is 2. The molecule has 1 aliphatic heterocycles. The first kappa shape index (κ1) is 16.8. The zero-order valence-corrected chi connectivity index (χ0v) is 12.8. The van der Waals surface area contributed by atoms with Crippen LogP contribution in [0.25, 0.3) is 0 Å². The van der Waals surface area contributed by atoms with Crippen LogP contribution in [0.3, 0.4) is 0 Å². The molecule has 0 spiro atoms. The van der Waals surface area contributed by atoms with Gasteiger partial charge in [0.15, 0.2) is 0 Å². The van der Waals surface area contributed by atoms with Crippen LogP contribution in [0, 0.1) is 0 Å². The third kappa shape index (κ3) is 5.77. The Balaban J connectivity index is 2.49. The van der Waals surface area contributed by atoms with Gasteiger partial charge in [0, 0.05) is 6.54 Å². The molecule has 1 heterocycles. The Hall–Kier alpha value is -1.30. The Morgan fingerprint density at radius 1 is 1.25 bits per heavy atom. The molecular formula is C14H25NO5. The van der Waals surface area contributed by atoms with E-state index in [9.17, 15) is 9.59 Å². The highest BCUT2D eigenvalue weighted by Crippen LogP contribution is 2.20. The molecule has 1 unspecified atom stereocenters. The minimum absolute atomic E-state index is 0.0387. The smallest absolute Gasteiger partial charge is 0.410 e. The van der Waals surface area contributed by atoms with Crippen molar-refractivity contribution < 1.29 is 23.8 Å². The van der Waals surface area contributed by atoms with Crippen LogP contribution < -0.4 is 0 Å². The SMILES string of the molecule is COC(=O)COCC1CCCCN1C(=O)OC(C)(C)C. The van der Waals surface area contributed by atoms with Crippen molar-refractivity contribution in [3.8, 4) is 0 Å². The van der Waals surface area contributed by atoms with Crippen LogP contribution in [0.15, 0.2) is 0 Å². The van der Waals surface area contributed by atoms with E-state index in [0.29, 0.717) is 13.2 Å². The highest BCUT2D eigenvalue weighted by Gasteiger charge is 2.30. The van der Waals surface area contributed by atoms with E-state index < -0.39 is 11.6 Å². The van der Waals surface area contributed by atoms with Crippen LogP contribution in [-0.4, -0.2) is 55.5 Å². The largest absolute Gasteiger partial charge is 0.467 e. The van der Waals surface area contributed by atoms with Crippen molar-refractivity contribution in [3.05, 3.63) is 0 Å². The standard InChI is InChI=1S/C14H25NO5/c1-14(2,3)20-13(17)15-8-6-5-7-11(15)9-19-10-12(16)18-4/h11H,5-10H2,1-4H3. The first-order valence-electron chi connectivity index (χ1n) is 6.97. The summed E-state index contributed by atoms with van der Waals surface area (Å²) in [5, 5.41) is 0. The number of carbonyl (C=O) groups is 2. The van der Waals surface area contributed by atoms with Gasteiger partial charge in [-0.25, -0.2) is 9.59 Å². The van der Waals surface area contributed by atoms with Crippen LogP contribution in [0.4, 0.5) is 4.79 Å². The molecule has 0 aromatic rings. The van der Waals surface area contributed by atoms with Crippen molar-refractivity contribution in [1.82, 2.24) is 4.90 Å². The molecule has 116 valence electrons. The zero-order valence-electron chi connectivity index (χ0n) is 12.8. The molecule has 1 rings (SSSR count). The van der Waals surface area contributed by atoms with E-state index in [4.69, 9.17) is 9.47 Å². The van der Waals surface area contributed by atoms with Crippen molar-refractivity contribution in [1.29, 1.82) is 0 Å². The lowest BCUT2D eigenvalue weighted by Crippen LogP contribution is -2.48. The number of amides is 1. The van der Waals surface area contributed by atoms with E-state index in [-0.39, 0.29) is 18.7 Å². The predicted octanol–water partition coefficient (Wildman–Crippen LogP) is 1.97. The maximum absolute atomic E-state index is 12.1. The van der Waals surface area contributed by atoms with Gasteiger partial charge in [0.25, 0.3) is 0 Å². The van der Waals surface area contributed by atoms with Crippen LogP contribution >= 0.6 is 0 Å². The molecule has 1 atom stereocenters. The lowest BCUT2D eigenvalue weighted by molar-refractivity contribution is -0.146. The second kappa shape index (κ2) is 7.47. The number of likely N-dealkylation sites (tertiary alicyclic amines) is 1.